The summed E-state index contributed by atoms with van der Waals surface area (Å²) in [6, 6.07) is 4.88. The third-order valence-corrected chi connectivity index (χ3v) is 4.41. The van der Waals surface area contributed by atoms with Crippen LogP contribution in [0, 0.1) is 24.1 Å². The van der Waals surface area contributed by atoms with Crippen molar-refractivity contribution in [1.29, 1.82) is 0 Å². The Morgan fingerprint density at radius 2 is 1.95 bits per heavy atom. The van der Waals surface area contributed by atoms with Crippen molar-refractivity contribution in [1.82, 2.24) is 0 Å². The van der Waals surface area contributed by atoms with Gasteiger partial charge in [0.25, 0.3) is 0 Å². The van der Waals surface area contributed by atoms with E-state index in [-0.39, 0.29) is 17.3 Å². The zero-order chi connectivity index (χ0) is 14.9. The predicted octanol–water partition coefficient (Wildman–Crippen LogP) is 4.09. The molecule has 1 aliphatic carbocycles. The molecule has 1 aromatic carbocycles. The molecule has 2 nitrogen and oxygen atoms in total. The lowest BCUT2D eigenvalue weighted by molar-refractivity contribution is -0.0298. The minimum atomic E-state index is -0.460. The molecule has 20 heavy (non-hydrogen) atoms. The summed E-state index contributed by atoms with van der Waals surface area (Å²) in [4.78, 5) is 0. The summed E-state index contributed by atoms with van der Waals surface area (Å²) in [7, 11) is 0. The van der Waals surface area contributed by atoms with Crippen LogP contribution in [0.3, 0.4) is 0 Å². The van der Waals surface area contributed by atoms with Crippen LogP contribution >= 0.6 is 0 Å². The molecule has 0 saturated heterocycles. The van der Waals surface area contributed by atoms with E-state index in [4.69, 9.17) is 4.74 Å². The Kier molecular flexibility index (Phi) is 4.38. The number of hydrogen-bond donors (Lipinski definition) is 1. The van der Waals surface area contributed by atoms with Crippen LogP contribution in [0.2, 0.25) is 0 Å². The fourth-order valence-electron chi connectivity index (χ4n) is 2.85. The van der Waals surface area contributed by atoms with Crippen molar-refractivity contribution in [3.05, 3.63) is 29.6 Å². The molecule has 0 aromatic heterocycles. The van der Waals surface area contributed by atoms with Gasteiger partial charge >= 0.3 is 0 Å². The largest absolute Gasteiger partial charge is 0.488 e. The van der Waals surface area contributed by atoms with Crippen LogP contribution < -0.4 is 4.74 Å². The standard InChI is InChI=1S/C17H25FO2/c1-11-5-7-13(10-14(11)18)20-16-9-12(17(2,3)4)6-8-15(16)19/h5,7,10,12,15-16,19H,6,8-9H2,1-4H3. The summed E-state index contributed by atoms with van der Waals surface area (Å²) >= 11 is 0. The quantitative estimate of drug-likeness (QED) is 0.884. The Balaban J connectivity index is 2.08. The van der Waals surface area contributed by atoms with Gasteiger partial charge in [0, 0.05) is 6.07 Å². The molecule has 1 aromatic rings. The van der Waals surface area contributed by atoms with Gasteiger partial charge in [-0.05, 0) is 49.1 Å². The second kappa shape index (κ2) is 5.72. The molecular weight excluding hydrogens is 255 g/mol. The second-order valence-electron chi connectivity index (χ2n) is 7.01. The van der Waals surface area contributed by atoms with Crippen molar-refractivity contribution in [3.63, 3.8) is 0 Å². The van der Waals surface area contributed by atoms with Crippen LogP contribution in [-0.2, 0) is 0 Å². The zero-order valence-electron chi connectivity index (χ0n) is 12.8. The number of benzene rings is 1. The Labute approximate surface area is 121 Å². The van der Waals surface area contributed by atoms with Gasteiger partial charge in [0.05, 0.1) is 6.10 Å². The molecule has 3 atom stereocenters. The average Bonchev–Trinajstić information content (AvgIpc) is 2.35. The fraction of sp³-hybridized carbons (Fsp3) is 0.647. The summed E-state index contributed by atoms with van der Waals surface area (Å²) < 4.78 is 19.4. The smallest absolute Gasteiger partial charge is 0.129 e. The van der Waals surface area contributed by atoms with Crippen molar-refractivity contribution in [2.45, 2.75) is 59.2 Å². The lowest BCUT2D eigenvalue weighted by Crippen LogP contribution is -2.41. The molecule has 112 valence electrons. The maximum Gasteiger partial charge on any atom is 0.129 e. The van der Waals surface area contributed by atoms with Gasteiger partial charge in [-0.1, -0.05) is 26.8 Å². The van der Waals surface area contributed by atoms with Gasteiger partial charge in [0.1, 0.15) is 17.7 Å². The molecule has 1 aliphatic rings. The monoisotopic (exact) mass is 280 g/mol. The van der Waals surface area contributed by atoms with Crippen LogP contribution in [0.25, 0.3) is 0 Å². The minimum absolute atomic E-state index is 0.209. The van der Waals surface area contributed by atoms with Gasteiger partial charge in [-0.25, -0.2) is 4.39 Å². The number of aryl methyl sites for hydroxylation is 1. The molecule has 0 spiro atoms. The molecule has 0 heterocycles. The number of aliphatic hydroxyl groups is 1. The maximum absolute atomic E-state index is 13.6. The minimum Gasteiger partial charge on any atom is -0.488 e. The van der Waals surface area contributed by atoms with Gasteiger partial charge in [-0.3, -0.25) is 0 Å². The highest BCUT2D eigenvalue weighted by Gasteiger charge is 2.36. The highest BCUT2D eigenvalue weighted by atomic mass is 19.1. The van der Waals surface area contributed by atoms with E-state index in [2.05, 4.69) is 20.8 Å². The third-order valence-electron chi connectivity index (χ3n) is 4.41. The molecule has 1 fully saturated rings. The first kappa shape index (κ1) is 15.3. The summed E-state index contributed by atoms with van der Waals surface area (Å²) in [5.41, 5.74) is 0.814. The molecule has 1 saturated carbocycles. The lowest BCUT2D eigenvalue weighted by atomic mass is 9.71. The normalized spacial score (nSPS) is 27.4. The first-order chi connectivity index (χ1) is 9.27. The summed E-state index contributed by atoms with van der Waals surface area (Å²) in [5, 5.41) is 10.1. The predicted molar refractivity (Wildman–Crippen MR) is 78.4 cm³/mol. The van der Waals surface area contributed by atoms with Crippen molar-refractivity contribution in [3.8, 4) is 5.75 Å². The van der Waals surface area contributed by atoms with Crippen LogP contribution in [0.5, 0.6) is 5.75 Å². The van der Waals surface area contributed by atoms with E-state index in [0.717, 1.165) is 19.3 Å². The second-order valence-corrected chi connectivity index (χ2v) is 7.01. The Bertz CT molecular complexity index is 465. The summed E-state index contributed by atoms with van der Waals surface area (Å²) in [6.07, 6.45) is 1.89. The number of ether oxygens (including phenoxy) is 1. The van der Waals surface area contributed by atoms with Crippen LogP contribution in [0.15, 0.2) is 18.2 Å². The molecule has 0 amide bonds. The molecular formula is C17H25FO2. The number of hydrogen-bond acceptors (Lipinski definition) is 2. The summed E-state index contributed by atoms with van der Waals surface area (Å²) in [6.45, 7) is 8.39. The summed E-state index contributed by atoms with van der Waals surface area (Å²) in [5.74, 6) is 0.762. The van der Waals surface area contributed by atoms with Gasteiger partial charge in [-0.2, -0.15) is 0 Å². The van der Waals surface area contributed by atoms with Gasteiger partial charge < -0.3 is 9.84 Å². The van der Waals surface area contributed by atoms with E-state index < -0.39 is 6.10 Å². The third kappa shape index (κ3) is 3.51. The molecule has 3 heteroatoms. The van der Waals surface area contributed by atoms with E-state index in [9.17, 15) is 9.50 Å². The van der Waals surface area contributed by atoms with Crippen LogP contribution in [0.4, 0.5) is 4.39 Å². The van der Waals surface area contributed by atoms with Crippen LogP contribution in [-0.4, -0.2) is 17.3 Å². The van der Waals surface area contributed by atoms with Gasteiger partial charge in [0.2, 0.25) is 0 Å². The first-order valence-corrected chi connectivity index (χ1v) is 7.38. The van der Waals surface area contributed by atoms with Crippen LogP contribution in [0.1, 0.15) is 45.6 Å². The average molecular weight is 280 g/mol. The molecule has 1 N–H and O–H groups in total. The van der Waals surface area contributed by atoms with Gasteiger partial charge in [-0.15, -0.1) is 0 Å². The highest BCUT2D eigenvalue weighted by Crippen LogP contribution is 2.39. The fourth-order valence-corrected chi connectivity index (χ4v) is 2.85. The number of halogens is 1. The maximum atomic E-state index is 13.6. The van der Waals surface area contributed by atoms with Gasteiger partial charge in [0.15, 0.2) is 0 Å². The number of rotatable bonds is 2. The van der Waals surface area contributed by atoms with Crippen molar-refractivity contribution < 1.29 is 14.2 Å². The van der Waals surface area contributed by atoms with E-state index in [1.165, 1.54) is 6.07 Å². The Hall–Kier alpha value is -1.09. The van der Waals surface area contributed by atoms with Crippen molar-refractivity contribution >= 4 is 0 Å². The van der Waals surface area contributed by atoms with E-state index in [0.29, 0.717) is 17.2 Å². The van der Waals surface area contributed by atoms with E-state index in [1.54, 1.807) is 19.1 Å². The van der Waals surface area contributed by atoms with Crippen molar-refractivity contribution in [2.75, 3.05) is 0 Å². The molecule has 2 rings (SSSR count). The van der Waals surface area contributed by atoms with E-state index >= 15 is 0 Å². The molecule has 0 bridgehead atoms. The Morgan fingerprint density at radius 1 is 1.25 bits per heavy atom. The number of aliphatic hydroxyl groups excluding tert-OH is 1. The van der Waals surface area contributed by atoms with E-state index in [1.807, 2.05) is 0 Å². The Morgan fingerprint density at radius 3 is 2.55 bits per heavy atom. The first-order valence-electron chi connectivity index (χ1n) is 7.38. The highest BCUT2D eigenvalue weighted by molar-refractivity contribution is 5.28. The molecule has 0 radical (unpaired) electrons. The lowest BCUT2D eigenvalue weighted by Gasteiger charge is -2.40. The molecule has 0 aliphatic heterocycles. The SMILES string of the molecule is Cc1ccc(OC2CC(C(C)(C)C)CCC2O)cc1F. The zero-order valence-corrected chi connectivity index (χ0v) is 12.8. The topological polar surface area (TPSA) is 29.5 Å². The van der Waals surface area contributed by atoms with Crippen molar-refractivity contribution in [2.24, 2.45) is 11.3 Å². The molecule has 3 unspecified atom stereocenters.